The van der Waals surface area contributed by atoms with E-state index >= 15 is 0 Å². The predicted molar refractivity (Wildman–Crippen MR) is 93.3 cm³/mol. The Hall–Kier alpha value is -2.54. The maximum atomic E-state index is 12.4. The van der Waals surface area contributed by atoms with Crippen LogP contribution in [0.1, 0.15) is 20.8 Å². The van der Waals surface area contributed by atoms with Crippen molar-refractivity contribution in [1.29, 1.82) is 0 Å². The molecule has 1 aromatic carbocycles. The first-order valence-corrected chi connectivity index (χ1v) is 8.72. The molecule has 0 fully saturated rings. The molecule has 0 spiro atoms. The number of benzene rings is 1. The summed E-state index contributed by atoms with van der Waals surface area (Å²) in [5.74, 6) is 0.267. The third-order valence-electron chi connectivity index (χ3n) is 4.10. The first kappa shape index (κ1) is 17.3. The maximum Gasteiger partial charge on any atom is 0.337 e. The molecule has 0 saturated carbocycles. The number of methoxy groups -OCH3 is 2. The number of fused-ring (bicyclic) bond motifs is 1. The number of hydrogen-bond donors (Lipinski definition) is 0. The topological polar surface area (TPSA) is 65.1 Å². The highest BCUT2D eigenvalue weighted by molar-refractivity contribution is 7.10. The number of thiophene rings is 1. The molecule has 0 bridgehead atoms. The highest BCUT2D eigenvalue weighted by Gasteiger charge is 2.22. The average molecular weight is 361 g/mol. The molecule has 2 aromatic rings. The van der Waals surface area contributed by atoms with Crippen molar-refractivity contribution in [2.24, 2.45) is 0 Å². The van der Waals surface area contributed by atoms with Crippen LogP contribution in [-0.4, -0.2) is 44.1 Å². The number of carbonyl (C=O) groups excluding carboxylic acids is 2. The molecule has 1 aromatic heterocycles. The second-order valence-electron chi connectivity index (χ2n) is 5.58. The van der Waals surface area contributed by atoms with Crippen molar-refractivity contribution in [3.63, 3.8) is 0 Å². The second-order valence-corrected chi connectivity index (χ2v) is 6.58. The van der Waals surface area contributed by atoms with Gasteiger partial charge in [0.2, 0.25) is 0 Å². The van der Waals surface area contributed by atoms with E-state index in [1.165, 1.54) is 30.7 Å². The molecule has 2 heterocycles. The van der Waals surface area contributed by atoms with Gasteiger partial charge in [0.05, 0.1) is 19.8 Å². The van der Waals surface area contributed by atoms with Gasteiger partial charge in [0.15, 0.2) is 18.1 Å². The maximum absolute atomic E-state index is 12.4. The highest BCUT2D eigenvalue weighted by Crippen LogP contribution is 2.29. The fourth-order valence-electron chi connectivity index (χ4n) is 2.72. The quantitative estimate of drug-likeness (QED) is 0.766. The third kappa shape index (κ3) is 3.76. The normalized spacial score (nSPS) is 13.1. The Labute approximate surface area is 149 Å². The van der Waals surface area contributed by atoms with Crippen LogP contribution in [-0.2, 0) is 22.5 Å². The number of rotatable bonds is 5. The molecule has 0 radical (unpaired) electrons. The van der Waals surface area contributed by atoms with Crippen molar-refractivity contribution >= 4 is 23.2 Å². The van der Waals surface area contributed by atoms with Gasteiger partial charge in [-0.05, 0) is 41.6 Å². The SMILES string of the molecule is COC(=O)c1ccc(OCC(=O)N2CCc3sccc3C2)c(OC)c1. The van der Waals surface area contributed by atoms with Crippen LogP contribution in [0.25, 0.3) is 0 Å². The Morgan fingerprint density at radius 3 is 2.80 bits per heavy atom. The molecule has 0 unspecified atom stereocenters. The standard InChI is InChI=1S/C18H19NO5S/c1-22-15-9-12(18(21)23-2)3-4-14(15)24-11-17(20)19-7-5-16-13(10-19)6-8-25-16/h3-4,6,8-9H,5,7,10-11H2,1-2H3. The van der Waals surface area contributed by atoms with Crippen LogP contribution in [0.15, 0.2) is 29.6 Å². The van der Waals surface area contributed by atoms with Gasteiger partial charge < -0.3 is 19.1 Å². The fraction of sp³-hybridized carbons (Fsp3) is 0.333. The van der Waals surface area contributed by atoms with Gasteiger partial charge in [-0.25, -0.2) is 4.79 Å². The molecule has 0 atom stereocenters. The summed E-state index contributed by atoms with van der Waals surface area (Å²) >= 11 is 1.74. The van der Waals surface area contributed by atoms with Crippen molar-refractivity contribution in [2.75, 3.05) is 27.4 Å². The lowest BCUT2D eigenvalue weighted by molar-refractivity contribution is -0.134. The van der Waals surface area contributed by atoms with E-state index in [1.54, 1.807) is 28.4 Å². The fourth-order valence-corrected chi connectivity index (χ4v) is 3.61. The Bertz CT molecular complexity index is 786. The Balaban J connectivity index is 1.63. The summed E-state index contributed by atoms with van der Waals surface area (Å²) in [5.41, 5.74) is 1.57. The third-order valence-corrected chi connectivity index (χ3v) is 5.12. The van der Waals surface area contributed by atoms with Crippen LogP contribution < -0.4 is 9.47 Å². The minimum atomic E-state index is -0.458. The summed E-state index contributed by atoms with van der Waals surface area (Å²) in [5, 5.41) is 2.06. The molecular formula is C18H19NO5S. The van der Waals surface area contributed by atoms with Crippen LogP contribution >= 0.6 is 11.3 Å². The molecule has 0 aliphatic carbocycles. The largest absolute Gasteiger partial charge is 0.493 e. The number of esters is 1. The first-order valence-electron chi connectivity index (χ1n) is 7.84. The number of nitrogens with zero attached hydrogens (tertiary/aromatic N) is 1. The number of hydrogen-bond acceptors (Lipinski definition) is 6. The summed E-state index contributed by atoms with van der Waals surface area (Å²) in [7, 11) is 2.79. The zero-order valence-corrected chi connectivity index (χ0v) is 14.9. The molecule has 1 aliphatic heterocycles. The van der Waals surface area contributed by atoms with Gasteiger partial charge in [-0.2, -0.15) is 0 Å². The smallest absolute Gasteiger partial charge is 0.337 e. The van der Waals surface area contributed by atoms with E-state index < -0.39 is 5.97 Å². The van der Waals surface area contributed by atoms with Crippen molar-refractivity contribution in [3.05, 3.63) is 45.6 Å². The van der Waals surface area contributed by atoms with Crippen molar-refractivity contribution < 1.29 is 23.8 Å². The molecule has 0 N–H and O–H groups in total. The molecule has 3 rings (SSSR count). The van der Waals surface area contributed by atoms with Crippen LogP contribution in [0.2, 0.25) is 0 Å². The van der Waals surface area contributed by atoms with Crippen LogP contribution in [0.4, 0.5) is 0 Å². The minimum Gasteiger partial charge on any atom is -0.493 e. The lowest BCUT2D eigenvalue weighted by atomic mass is 10.1. The molecule has 7 heteroatoms. The van der Waals surface area contributed by atoms with Crippen molar-refractivity contribution in [3.8, 4) is 11.5 Å². The lowest BCUT2D eigenvalue weighted by Crippen LogP contribution is -2.38. The van der Waals surface area contributed by atoms with Gasteiger partial charge in [0, 0.05) is 18.0 Å². The van der Waals surface area contributed by atoms with E-state index in [-0.39, 0.29) is 12.5 Å². The summed E-state index contributed by atoms with van der Waals surface area (Å²) in [4.78, 5) is 27.1. The van der Waals surface area contributed by atoms with Crippen LogP contribution in [0, 0.1) is 0 Å². The van der Waals surface area contributed by atoms with Crippen LogP contribution in [0.3, 0.4) is 0 Å². The predicted octanol–water partition coefficient (Wildman–Crippen LogP) is 2.51. The van der Waals surface area contributed by atoms with Gasteiger partial charge in [-0.1, -0.05) is 0 Å². The van der Waals surface area contributed by atoms with E-state index in [2.05, 4.69) is 16.2 Å². The lowest BCUT2D eigenvalue weighted by Gasteiger charge is -2.27. The Morgan fingerprint density at radius 1 is 1.20 bits per heavy atom. The minimum absolute atomic E-state index is 0.0732. The number of carbonyl (C=O) groups is 2. The van der Waals surface area contributed by atoms with E-state index in [9.17, 15) is 9.59 Å². The van der Waals surface area contributed by atoms with Gasteiger partial charge in [0.25, 0.3) is 5.91 Å². The average Bonchev–Trinajstić information content (AvgIpc) is 3.13. The van der Waals surface area contributed by atoms with E-state index in [0.717, 1.165) is 6.42 Å². The molecule has 1 amide bonds. The van der Waals surface area contributed by atoms with Crippen molar-refractivity contribution in [2.45, 2.75) is 13.0 Å². The summed E-state index contributed by atoms with van der Waals surface area (Å²) in [6.07, 6.45) is 0.885. The van der Waals surface area contributed by atoms with Crippen LogP contribution in [0.5, 0.6) is 11.5 Å². The van der Waals surface area contributed by atoms with Gasteiger partial charge in [-0.3, -0.25) is 4.79 Å². The monoisotopic (exact) mass is 361 g/mol. The zero-order valence-electron chi connectivity index (χ0n) is 14.1. The van der Waals surface area contributed by atoms with Gasteiger partial charge >= 0.3 is 5.97 Å². The molecule has 6 nitrogen and oxygen atoms in total. The van der Waals surface area contributed by atoms with E-state index in [0.29, 0.717) is 30.2 Å². The number of ether oxygens (including phenoxy) is 3. The van der Waals surface area contributed by atoms with E-state index in [4.69, 9.17) is 9.47 Å². The molecule has 132 valence electrons. The first-order chi connectivity index (χ1) is 12.1. The summed E-state index contributed by atoms with van der Waals surface area (Å²) in [6, 6.07) is 6.78. The van der Waals surface area contributed by atoms with Gasteiger partial charge in [-0.15, -0.1) is 11.3 Å². The summed E-state index contributed by atoms with van der Waals surface area (Å²) in [6.45, 7) is 1.25. The molecule has 0 saturated heterocycles. The number of amides is 1. The molecule has 25 heavy (non-hydrogen) atoms. The summed E-state index contributed by atoms with van der Waals surface area (Å²) < 4.78 is 15.5. The second kappa shape index (κ2) is 7.57. The Morgan fingerprint density at radius 2 is 2.04 bits per heavy atom. The van der Waals surface area contributed by atoms with E-state index in [1.807, 2.05) is 0 Å². The molecular weight excluding hydrogens is 342 g/mol. The highest BCUT2D eigenvalue weighted by atomic mass is 32.1. The van der Waals surface area contributed by atoms with Crippen molar-refractivity contribution in [1.82, 2.24) is 4.90 Å². The zero-order chi connectivity index (χ0) is 17.8. The molecule has 1 aliphatic rings. The Kier molecular flexibility index (Phi) is 5.23. The van der Waals surface area contributed by atoms with Gasteiger partial charge in [0.1, 0.15) is 0 Å².